The molecule has 0 bridgehead atoms. The first-order valence-electron chi connectivity index (χ1n) is 9.88. The average molecular weight is 376 g/mol. The fraction of sp³-hybridized carbons (Fsp3) is 0.364. The van der Waals surface area contributed by atoms with Crippen LogP contribution in [0.5, 0.6) is 0 Å². The number of benzene rings is 1. The fourth-order valence-electron chi connectivity index (χ4n) is 4.70. The second-order valence-corrected chi connectivity index (χ2v) is 7.56. The lowest BCUT2D eigenvalue weighted by molar-refractivity contribution is -0.0791. The van der Waals surface area contributed by atoms with Crippen LogP contribution in [0, 0.1) is 0 Å². The summed E-state index contributed by atoms with van der Waals surface area (Å²) >= 11 is 0. The lowest BCUT2D eigenvalue weighted by Crippen LogP contribution is -2.47. The summed E-state index contributed by atoms with van der Waals surface area (Å²) in [4.78, 5) is 22.6. The Kier molecular flexibility index (Phi) is 4.09. The third-order valence-corrected chi connectivity index (χ3v) is 6.13. The summed E-state index contributed by atoms with van der Waals surface area (Å²) in [7, 11) is 1.65. The number of hydrogen-bond donors (Lipinski definition) is 2. The predicted molar refractivity (Wildman–Crippen MR) is 109 cm³/mol. The van der Waals surface area contributed by atoms with Crippen molar-refractivity contribution in [2.24, 2.45) is 0 Å². The first-order chi connectivity index (χ1) is 13.7. The van der Waals surface area contributed by atoms with Gasteiger partial charge in [-0.1, -0.05) is 18.2 Å². The van der Waals surface area contributed by atoms with Crippen molar-refractivity contribution in [3.63, 3.8) is 0 Å². The molecule has 0 atom stereocenters. The van der Waals surface area contributed by atoms with Gasteiger partial charge < -0.3 is 19.9 Å². The van der Waals surface area contributed by atoms with Crippen molar-refractivity contribution in [1.29, 1.82) is 0 Å². The maximum absolute atomic E-state index is 12.2. The number of pyridine rings is 1. The van der Waals surface area contributed by atoms with Crippen molar-refractivity contribution in [2.45, 2.75) is 24.9 Å². The molecule has 1 spiro atoms. The highest BCUT2D eigenvalue weighted by Gasteiger charge is 2.43. The van der Waals surface area contributed by atoms with Gasteiger partial charge in [-0.25, -0.2) is 4.98 Å². The highest BCUT2D eigenvalue weighted by molar-refractivity contribution is 5.98. The van der Waals surface area contributed by atoms with Gasteiger partial charge >= 0.3 is 0 Å². The number of anilines is 1. The molecule has 0 aliphatic carbocycles. The van der Waals surface area contributed by atoms with Crippen LogP contribution in [0.25, 0.3) is 10.9 Å². The molecule has 0 unspecified atom stereocenters. The van der Waals surface area contributed by atoms with Crippen molar-refractivity contribution < 1.29 is 9.53 Å². The lowest BCUT2D eigenvalue weighted by Gasteiger charge is -2.44. The minimum atomic E-state index is -0.273. The van der Waals surface area contributed by atoms with Crippen LogP contribution in [0.2, 0.25) is 0 Å². The van der Waals surface area contributed by atoms with Crippen LogP contribution in [0.3, 0.4) is 0 Å². The van der Waals surface area contributed by atoms with Gasteiger partial charge in [-0.05, 0) is 43.0 Å². The minimum absolute atomic E-state index is 0.102. The number of ether oxygens (including phenoxy) is 1. The Hall–Kier alpha value is -2.86. The van der Waals surface area contributed by atoms with Gasteiger partial charge in [-0.3, -0.25) is 4.79 Å². The average Bonchev–Trinajstić information content (AvgIpc) is 3.14. The number of aromatic amines is 1. The molecule has 2 aliphatic heterocycles. The maximum Gasteiger partial charge on any atom is 0.254 e. The second-order valence-electron chi connectivity index (χ2n) is 7.56. The number of nitrogens with one attached hydrogen (secondary N) is 2. The number of aromatic nitrogens is 2. The molecule has 2 aromatic heterocycles. The number of piperidine rings is 1. The molecule has 1 fully saturated rings. The molecule has 28 heavy (non-hydrogen) atoms. The zero-order chi connectivity index (χ0) is 19.1. The van der Waals surface area contributed by atoms with Crippen molar-refractivity contribution in [3.05, 3.63) is 59.4 Å². The minimum Gasteiger partial charge on any atom is -0.368 e. The molecule has 0 saturated carbocycles. The van der Waals surface area contributed by atoms with Crippen LogP contribution in [-0.2, 0) is 16.8 Å². The van der Waals surface area contributed by atoms with Gasteiger partial charge in [0.25, 0.3) is 5.91 Å². The van der Waals surface area contributed by atoms with E-state index < -0.39 is 0 Å². The Morgan fingerprint density at radius 1 is 1.21 bits per heavy atom. The van der Waals surface area contributed by atoms with E-state index in [1.807, 2.05) is 6.07 Å². The summed E-state index contributed by atoms with van der Waals surface area (Å²) in [6.07, 6.45) is 4.44. The molecule has 1 saturated heterocycles. The Morgan fingerprint density at radius 2 is 2.04 bits per heavy atom. The predicted octanol–water partition coefficient (Wildman–Crippen LogP) is 2.99. The Labute approximate surface area is 163 Å². The molecule has 6 nitrogen and oxygen atoms in total. The normalized spacial score (nSPS) is 18.2. The van der Waals surface area contributed by atoms with Gasteiger partial charge in [0.1, 0.15) is 11.4 Å². The standard InChI is InChI=1S/C22H24N4O2/c1-23-21(27)17-6-4-11-24-20(17)26-12-9-22(10-13-26)19-16(8-14-28-22)15-5-2-3-7-18(15)25-19/h2-7,11,25H,8-10,12-14H2,1H3,(H,23,27). The Bertz CT molecular complexity index is 1030. The number of hydrogen-bond acceptors (Lipinski definition) is 4. The molecule has 5 rings (SSSR count). The van der Waals surface area contributed by atoms with Crippen molar-refractivity contribution in [2.75, 3.05) is 31.6 Å². The van der Waals surface area contributed by atoms with Crippen molar-refractivity contribution >= 4 is 22.6 Å². The summed E-state index contributed by atoms with van der Waals surface area (Å²) < 4.78 is 6.39. The number of amides is 1. The van der Waals surface area contributed by atoms with E-state index in [1.54, 1.807) is 19.3 Å². The first-order valence-corrected chi connectivity index (χ1v) is 9.88. The largest absolute Gasteiger partial charge is 0.368 e. The number of fused-ring (bicyclic) bond motifs is 4. The first kappa shape index (κ1) is 17.3. The number of para-hydroxylation sites is 1. The number of rotatable bonds is 2. The van der Waals surface area contributed by atoms with Crippen LogP contribution in [0.4, 0.5) is 5.82 Å². The van der Waals surface area contributed by atoms with E-state index in [2.05, 4.69) is 44.5 Å². The van der Waals surface area contributed by atoms with Gasteiger partial charge in [0.05, 0.1) is 17.9 Å². The monoisotopic (exact) mass is 376 g/mol. The van der Waals surface area contributed by atoms with E-state index >= 15 is 0 Å². The zero-order valence-electron chi connectivity index (χ0n) is 16.0. The molecule has 2 aliphatic rings. The summed E-state index contributed by atoms with van der Waals surface area (Å²) in [6, 6.07) is 12.1. The number of nitrogens with zero attached hydrogens (tertiary/aromatic N) is 2. The molecule has 4 heterocycles. The van der Waals surface area contributed by atoms with E-state index in [9.17, 15) is 4.79 Å². The molecular weight excluding hydrogens is 352 g/mol. The highest BCUT2D eigenvalue weighted by atomic mass is 16.5. The summed E-state index contributed by atoms with van der Waals surface area (Å²) in [6.45, 7) is 2.35. The fourth-order valence-corrected chi connectivity index (χ4v) is 4.70. The molecule has 2 N–H and O–H groups in total. The van der Waals surface area contributed by atoms with Crippen molar-refractivity contribution in [3.8, 4) is 0 Å². The second kappa shape index (κ2) is 6.63. The molecule has 144 valence electrons. The van der Waals surface area contributed by atoms with Crippen molar-refractivity contribution in [1.82, 2.24) is 15.3 Å². The van der Waals surface area contributed by atoms with E-state index in [0.29, 0.717) is 5.56 Å². The topological polar surface area (TPSA) is 70.2 Å². The highest BCUT2D eigenvalue weighted by Crippen LogP contribution is 2.44. The molecule has 0 radical (unpaired) electrons. The van der Waals surface area contributed by atoms with E-state index in [4.69, 9.17) is 4.74 Å². The van der Waals surface area contributed by atoms with Gasteiger partial charge in [-0.2, -0.15) is 0 Å². The quantitative estimate of drug-likeness (QED) is 0.721. The van der Waals surface area contributed by atoms with Crippen LogP contribution in [0.15, 0.2) is 42.6 Å². The Morgan fingerprint density at radius 3 is 2.86 bits per heavy atom. The van der Waals surface area contributed by atoms with Crippen LogP contribution in [0.1, 0.15) is 34.5 Å². The molecule has 6 heteroatoms. The Balaban J connectivity index is 1.45. The van der Waals surface area contributed by atoms with Gasteiger partial charge in [0.2, 0.25) is 0 Å². The molecule has 3 aromatic rings. The smallest absolute Gasteiger partial charge is 0.254 e. The third kappa shape index (κ3) is 2.59. The van der Waals surface area contributed by atoms with Crippen LogP contribution in [-0.4, -0.2) is 42.6 Å². The molecule has 1 aromatic carbocycles. The SMILES string of the molecule is CNC(=O)c1cccnc1N1CCC2(CC1)OCCc1c2[nH]c2ccccc12. The number of carbonyl (C=O) groups excluding carboxylic acids is 1. The summed E-state index contributed by atoms with van der Waals surface area (Å²) in [5, 5.41) is 4.02. The van der Waals surface area contributed by atoms with E-state index in [-0.39, 0.29) is 11.5 Å². The summed E-state index contributed by atoms with van der Waals surface area (Å²) in [5.74, 6) is 0.652. The van der Waals surface area contributed by atoms with E-state index in [1.165, 1.54) is 22.2 Å². The zero-order valence-corrected chi connectivity index (χ0v) is 16.0. The number of carbonyl (C=O) groups is 1. The van der Waals surface area contributed by atoms with E-state index in [0.717, 1.165) is 44.8 Å². The maximum atomic E-state index is 12.2. The number of H-pyrrole nitrogens is 1. The molecule has 1 amide bonds. The molecular formula is C22H24N4O2. The lowest BCUT2D eigenvalue weighted by atomic mass is 9.83. The van der Waals surface area contributed by atoms with Gasteiger partial charge in [-0.15, -0.1) is 0 Å². The van der Waals surface area contributed by atoms with Crippen LogP contribution < -0.4 is 10.2 Å². The van der Waals surface area contributed by atoms with Gasteiger partial charge in [0, 0.05) is 37.2 Å². The van der Waals surface area contributed by atoms with Gasteiger partial charge in [0.15, 0.2) is 0 Å². The summed E-state index contributed by atoms with van der Waals surface area (Å²) in [5.41, 5.74) is 4.18. The third-order valence-electron chi connectivity index (χ3n) is 6.13. The van der Waals surface area contributed by atoms with Crippen LogP contribution >= 0.6 is 0 Å².